The Labute approximate surface area is 111 Å². The second kappa shape index (κ2) is 4.72. The fourth-order valence-corrected chi connectivity index (χ4v) is 2.29. The van der Waals surface area contributed by atoms with Crippen molar-refractivity contribution in [1.29, 1.82) is 0 Å². The first-order chi connectivity index (χ1) is 9.29. The predicted molar refractivity (Wildman–Crippen MR) is 69.5 cm³/mol. The third-order valence-electron chi connectivity index (χ3n) is 3.24. The van der Waals surface area contributed by atoms with Crippen LogP contribution < -0.4 is 4.74 Å². The fourth-order valence-electron chi connectivity index (χ4n) is 2.29. The number of carbonyl (C=O) groups excluding carboxylic acids is 1. The van der Waals surface area contributed by atoms with Gasteiger partial charge in [-0.15, -0.1) is 0 Å². The van der Waals surface area contributed by atoms with Gasteiger partial charge in [-0.05, 0) is 31.0 Å². The highest BCUT2D eigenvalue weighted by Gasteiger charge is 2.21. The number of ether oxygens (including phenoxy) is 2. The zero-order valence-corrected chi connectivity index (χ0v) is 10.6. The second-order valence-corrected chi connectivity index (χ2v) is 4.34. The molecule has 3 rings (SSSR count). The van der Waals surface area contributed by atoms with Crippen LogP contribution in [0.25, 0.3) is 0 Å². The highest BCUT2D eigenvalue weighted by molar-refractivity contribution is 5.92. The maximum Gasteiger partial charge on any atom is 0.338 e. The summed E-state index contributed by atoms with van der Waals surface area (Å²) in [6, 6.07) is 9.29. The number of esters is 1. The number of aromatic nitrogens is 1. The van der Waals surface area contributed by atoms with Crippen molar-refractivity contribution in [2.24, 2.45) is 0 Å². The van der Waals surface area contributed by atoms with Gasteiger partial charge in [0.2, 0.25) is 5.88 Å². The van der Waals surface area contributed by atoms with Crippen molar-refractivity contribution in [2.75, 3.05) is 7.11 Å². The third kappa shape index (κ3) is 2.05. The van der Waals surface area contributed by atoms with Gasteiger partial charge in [-0.2, -0.15) is 0 Å². The van der Waals surface area contributed by atoms with Gasteiger partial charge in [-0.25, -0.2) is 9.78 Å². The lowest BCUT2D eigenvalue weighted by Crippen LogP contribution is -2.06. The zero-order chi connectivity index (χ0) is 13.2. The van der Waals surface area contributed by atoms with Crippen LogP contribution in [0, 0.1) is 0 Å². The van der Waals surface area contributed by atoms with Gasteiger partial charge in [-0.1, -0.05) is 12.1 Å². The SMILES string of the molecule is COC(=O)c1cccc2c1CCc1cccnc1O2. The summed E-state index contributed by atoms with van der Waals surface area (Å²) in [7, 11) is 1.38. The molecule has 0 aliphatic carbocycles. The van der Waals surface area contributed by atoms with E-state index in [0.29, 0.717) is 17.2 Å². The van der Waals surface area contributed by atoms with Crippen LogP contribution in [-0.4, -0.2) is 18.1 Å². The molecular weight excluding hydrogens is 242 g/mol. The van der Waals surface area contributed by atoms with Gasteiger partial charge in [0.05, 0.1) is 12.7 Å². The molecule has 0 saturated carbocycles. The summed E-state index contributed by atoms with van der Waals surface area (Å²) in [6.07, 6.45) is 3.23. The minimum absolute atomic E-state index is 0.334. The van der Waals surface area contributed by atoms with Gasteiger partial charge in [0, 0.05) is 17.3 Å². The topological polar surface area (TPSA) is 48.4 Å². The first-order valence-electron chi connectivity index (χ1n) is 6.11. The van der Waals surface area contributed by atoms with Crippen molar-refractivity contribution < 1.29 is 14.3 Å². The Kier molecular flexibility index (Phi) is 2.91. The van der Waals surface area contributed by atoms with Crippen LogP contribution in [0.4, 0.5) is 0 Å². The molecule has 0 atom stereocenters. The number of nitrogens with zero attached hydrogens (tertiary/aromatic N) is 1. The lowest BCUT2D eigenvalue weighted by atomic mass is 10.0. The van der Waals surface area contributed by atoms with Crippen LogP contribution in [0.5, 0.6) is 11.6 Å². The summed E-state index contributed by atoms with van der Waals surface area (Å²) in [4.78, 5) is 16.0. The van der Waals surface area contributed by atoms with E-state index in [1.165, 1.54) is 7.11 Å². The minimum atomic E-state index is -0.334. The monoisotopic (exact) mass is 255 g/mol. The fraction of sp³-hybridized carbons (Fsp3) is 0.200. The number of rotatable bonds is 1. The van der Waals surface area contributed by atoms with Crippen molar-refractivity contribution in [3.8, 4) is 11.6 Å². The van der Waals surface area contributed by atoms with E-state index < -0.39 is 0 Å². The third-order valence-corrected chi connectivity index (χ3v) is 3.24. The number of hydrogen-bond acceptors (Lipinski definition) is 4. The summed E-state index contributed by atoms with van der Waals surface area (Å²) < 4.78 is 10.6. The van der Waals surface area contributed by atoms with E-state index in [9.17, 15) is 4.79 Å². The van der Waals surface area contributed by atoms with E-state index in [1.54, 1.807) is 18.3 Å². The molecule has 1 aromatic carbocycles. The molecule has 0 saturated heterocycles. The highest BCUT2D eigenvalue weighted by Crippen LogP contribution is 2.33. The molecule has 19 heavy (non-hydrogen) atoms. The van der Waals surface area contributed by atoms with Crippen molar-refractivity contribution >= 4 is 5.97 Å². The van der Waals surface area contributed by atoms with Gasteiger partial charge in [0.15, 0.2) is 0 Å². The van der Waals surface area contributed by atoms with Crippen LogP contribution in [0.2, 0.25) is 0 Å². The van der Waals surface area contributed by atoms with E-state index in [4.69, 9.17) is 9.47 Å². The van der Waals surface area contributed by atoms with Crippen LogP contribution in [-0.2, 0) is 17.6 Å². The molecular formula is C15H13NO3. The Morgan fingerprint density at radius 3 is 3.00 bits per heavy atom. The largest absolute Gasteiger partial charge is 0.465 e. The number of aryl methyl sites for hydroxylation is 1. The maximum absolute atomic E-state index is 11.8. The predicted octanol–water partition coefficient (Wildman–Crippen LogP) is 2.76. The van der Waals surface area contributed by atoms with Gasteiger partial charge >= 0.3 is 5.97 Å². The minimum Gasteiger partial charge on any atom is -0.465 e. The summed E-state index contributed by atoms with van der Waals surface area (Å²) in [5.41, 5.74) is 2.50. The summed E-state index contributed by atoms with van der Waals surface area (Å²) >= 11 is 0. The van der Waals surface area contributed by atoms with E-state index in [0.717, 1.165) is 24.0 Å². The number of pyridine rings is 1. The molecule has 0 radical (unpaired) electrons. The van der Waals surface area contributed by atoms with Gasteiger partial charge in [-0.3, -0.25) is 0 Å². The van der Waals surface area contributed by atoms with Gasteiger partial charge < -0.3 is 9.47 Å². The molecule has 96 valence electrons. The number of carbonyl (C=O) groups is 1. The zero-order valence-electron chi connectivity index (χ0n) is 10.6. The van der Waals surface area contributed by atoms with E-state index in [2.05, 4.69) is 4.98 Å². The lowest BCUT2D eigenvalue weighted by molar-refractivity contribution is 0.0599. The van der Waals surface area contributed by atoms with Crippen LogP contribution in [0.15, 0.2) is 36.5 Å². The van der Waals surface area contributed by atoms with Gasteiger partial charge in [0.1, 0.15) is 5.75 Å². The normalized spacial score (nSPS) is 12.7. The van der Waals surface area contributed by atoms with Crippen LogP contribution >= 0.6 is 0 Å². The van der Waals surface area contributed by atoms with E-state index in [-0.39, 0.29) is 5.97 Å². The van der Waals surface area contributed by atoms with E-state index in [1.807, 2.05) is 18.2 Å². The summed E-state index contributed by atoms with van der Waals surface area (Å²) in [5.74, 6) is 0.961. The molecule has 2 aromatic rings. The molecule has 0 N–H and O–H groups in total. The van der Waals surface area contributed by atoms with Crippen molar-refractivity contribution in [1.82, 2.24) is 4.98 Å². The van der Waals surface area contributed by atoms with Crippen LogP contribution in [0.3, 0.4) is 0 Å². The molecule has 0 fully saturated rings. The lowest BCUT2D eigenvalue weighted by Gasteiger charge is -2.10. The molecule has 4 heteroatoms. The van der Waals surface area contributed by atoms with Crippen LogP contribution in [0.1, 0.15) is 21.5 Å². The molecule has 1 aliphatic rings. The number of benzene rings is 1. The summed E-state index contributed by atoms with van der Waals surface area (Å²) in [5, 5.41) is 0. The molecule has 4 nitrogen and oxygen atoms in total. The first-order valence-corrected chi connectivity index (χ1v) is 6.11. The van der Waals surface area contributed by atoms with Crippen molar-refractivity contribution in [3.63, 3.8) is 0 Å². The Bertz CT molecular complexity index is 637. The maximum atomic E-state index is 11.8. The molecule has 1 aliphatic heterocycles. The average molecular weight is 255 g/mol. The van der Waals surface area contributed by atoms with Gasteiger partial charge in [0.25, 0.3) is 0 Å². The standard InChI is InChI=1S/C15H13NO3/c1-18-15(17)12-5-2-6-13-11(12)8-7-10-4-3-9-16-14(10)19-13/h2-6,9H,7-8H2,1H3. The second-order valence-electron chi connectivity index (χ2n) is 4.34. The highest BCUT2D eigenvalue weighted by atomic mass is 16.5. The number of methoxy groups -OCH3 is 1. The summed E-state index contributed by atoms with van der Waals surface area (Å²) in [6.45, 7) is 0. The molecule has 2 heterocycles. The Hall–Kier alpha value is -2.36. The average Bonchev–Trinajstić information content (AvgIpc) is 2.65. The smallest absolute Gasteiger partial charge is 0.338 e. The number of hydrogen-bond donors (Lipinski definition) is 0. The number of fused-ring (bicyclic) bond motifs is 2. The molecule has 1 aromatic heterocycles. The Morgan fingerprint density at radius 2 is 2.16 bits per heavy atom. The van der Waals surface area contributed by atoms with Crippen molar-refractivity contribution in [3.05, 3.63) is 53.2 Å². The quantitative estimate of drug-likeness (QED) is 0.735. The van der Waals surface area contributed by atoms with E-state index >= 15 is 0 Å². The molecule has 0 amide bonds. The Morgan fingerprint density at radius 1 is 1.26 bits per heavy atom. The molecule has 0 unspecified atom stereocenters. The molecule has 0 spiro atoms. The molecule has 0 bridgehead atoms. The van der Waals surface area contributed by atoms with Crippen molar-refractivity contribution in [2.45, 2.75) is 12.8 Å². The Balaban J connectivity index is 2.08. The first kappa shape index (κ1) is 11.7.